The summed E-state index contributed by atoms with van der Waals surface area (Å²) in [4.78, 5) is 18.5. The number of nitrogens with zero attached hydrogens (tertiary/aromatic N) is 2. The van der Waals surface area contributed by atoms with Gasteiger partial charge in [-0.15, -0.1) is 0 Å². The molecule has 0 amide bonds. The van der Waals surface area contributed by atoms with Crippen LogP contribution in [-0.4, -0.2) is 28.8 Å². The molecule has 0 aliphatic rings. The van der Waals surface area contributed by atoms with E-state index < -0.39 is 0 Å². The van der Waals surface area contributed by atoms with E-state index in [1.54, 1.807) is 26.5 Å². The molecule has 6 heteroatoms. The van der Waals surface area contributed by atoms with Gasteiger partial charge >= 0.3 is 0 Å². The Hall–Kier alpha value is -2.76. The summed E-state index contributed by atoms with van der Waals surface area (Å²) >= 11 is 0. The molecule has 1 aromatic carbocycles. The average molecular weight is 271 g/mol. The first kappa shape index (κ1) is 12.3. The fourth-order valence-electron chi connectivity index (χ4n) is 2.15. The average Bonchev–Trinajstić information content (AvgIpc) is 2.92. The number of methoxy groups -OCH3 is 2. The highest BCUT2D eigenvalue weighted by atomic mass is 16.5. The lowest BCUT2D eigenvalue weighted by molar-refractivity contribution is 0.355. The van der Waals surface area contributed by atoms with Crippen LogP contribution in [-0.2, 0) is 0 Å². The van der Waals surface area contributed by atoms with Crippen molar-refractivity contribution >= 4 is 11.0 Å². The Bertz CT molecular complexity index is 820. The molecule has 0 bridgehead atoms. The molecule has 1 N–H and O–H groups in total. The van der Waals surface area contributed by atoms with E-state index in [4.69, 9.17) is 9.47 Å². The third-order valence-electron chi connectivity index (χ3n) is 3.13. The highest BCUT2D eigenvalue weighted by molar-refractivity contribution is 5.77. The predicted octanol–water partition coefficient (Wildman–Crippen LogP) is 1.73. The van der Waals surface area contributed by atoms with Gasteiger partial charge in [-0.2, -0.15) is 0 Å². The summed E-state index contributed by atoms with van der Waals surface area (Å²) in [6.07, 6.45) is 3.19. The first-order chi connectivity index (χ1) is 9.74. The summed E-state index contributed by atoms with van der Waals surface area (Å²) in [5, 5.41) is 0.544. The van der Waals surface area contributed by atoms with Gasteiger partial charge in [-0.05, 0) is 18.2 Å². The predicted molar refractivity (Wildman–Crippen MR) is 74.8 cm³/mol. The van der Waals surface area contributed by atoms with Gasteiger partial charge in [-0.25, -0.2) is 4.98 Å². The zero-order valence-corrected chi connectivity index (χ0v) is 11.1. The maximum atomic E-state index is 11.7. The number of hydrogen-bond donors (Lipinski definition) is 1. The standard InChI is InChI=1S/C14H13N3O3/c1-19-11-4-3-9(7-12(11)20-2)17-6-5-10-13(17)15-8-16-14(10)18/h3-8H,1-2H3,(H,15,16,18). The van der Waals surface area contributed by atoms with Crippen molar-refractivity contribution in [1.29, 1.82) is 0 Å². The lowest BCUT2D eigenvalue weighted by atomic mass is 10.2. The van der Waals surface area contributed by atoms with Crippen molar-refractivity contribution in [2.75, 3.05) is 14.2 Å². The number of aromatic nitrogens is 3. The minimum Gasteiger partial charge on any atom is -0.493 e. The number of H-pyrrole nitrogens is 1. The summed E-state index contributed by atoms with van der Waals surface area (Å²) in [5.74, 6) is 1.27. The Morgan fingerprint density at radius 1 is 1.15 bits per heavy atom. The van der Waals surface area contributed by atoms with E-state index in [2.05, 4.69) is 9.97 Å². The van der Waals surface area contributed by atoms with Gasteiger partial charge in [-0.1, -0.05) is 0 Å². The molecule has 0 fully saturated rings. The van der Waals surface area contributed by atoms with Gasteiger partial charge < -0.3 is 19.0 Å². The summed E-state index contributed by atoms with van der Waals surface area (Å²) in [7, 11) is 3.17. The molecular weight excluding hydrogens is 258 g/mol. The van der Waals surface area contributed by atoms with Crippen molar-refractivity contribution < 1.29 is 9.47 Å². The van der Waals surface area contributed by atoms with Crippen LogP contribution < -0.4 is 15.0 Å². The maximum Gasteiger partial charge on any atom is 0.260 e. The van der Waals surface area contributed by atoms with E-state index in [1.165, 1.54) is 6.33 Å². The van der Waals surface area contributed by atoms with E-state index >= 15 is 0 Å². The number of ether oxygens (including phenoxy) is 2. The third-order valence-corrected chi connectivity index (χ3v) is 3.13. The van der Waals surface area contributed by atoms with Crippen LogP contribution in [0.5, 0.6) is 11.5 Å². The third kappa shape index (κ3) is 1.82. The summed E-state index contributed by atoms with van der Waals surface area (Å²) < 4.78 is 12.3. The van der Waals surface area contributed by atoms with Crippen molar-refractivity contribution in [1.82, 2.24) is 14.5 Å². The van der Waals surface area contributed by atoms with Gasteiger partial charge in [0.1, 0.15) is 0 Å². The molecular formula is C14H13N3O3. The lowest BCUT2D eigenvalue weighted by Crippen LogP contribution is -2.06. The zero-order chi connectivity index (χ0) is 14.1. The van der Waals surface area contributed by atoms with Crippen molar-refractivity contribution in [2.24, 2.45) is 0 Å². The smallest absolute Gasteiger partial charge is 0.260 e. The number of hydrogen-bond acceptors (Lipinski definition) is 4. The van der Waals surface area contributed by atoms with Crippen molar-refractivity contribution in [3.8, 4) is 17.2 Å². The lowest BCUT2D eigenvalue weighted by Gasteiger charge is -2.10. The van der Waals surface area contributed by atoms with Crippen LogP contribution in [0.4, 0.5) is 0 Å². The number of nitrogens with one attached hydrogen (secondary N) is 1. The van der Waals surface area contributed by atoms with Gasteiger partial charge in [0.2, 0.25) is 0 Å². The molecule has 3 rings (SSSR count). The molecule has 102 valence electrons. The number of benzene rings is 1. The van der Waals surface area contributed by atoms with Crippen LogP contribution in [0.2, 0.25) is 0 Å². The Morgan fingerprint density at radius 2 is 1.95 bits per heavy atom. The van der Waals surface area contributed by atoms with Crippen molar-refractivity contribution in [3.63, 3.8) is 0 Å². The normalized spacial score (nSPS) is 10.7. The molecule has 0 saturated heterocycles. The van der Waals surface area contributed by atoms with E-state index in [9.17, 15) is 4.79 Å². The maximum absolute atomic E-state index is 11.7. The highest BCUT2D eigenvalue weighted by Crippen LogP contribution is 2.30. The van der Waals surface area contributed by atoms with Crippen LogP contribution in [0.25, 0.3) is 16.7 Å². The number of aromatic amines is 1. The first-order valence-electron chi connectivity index (χ1n) is 6.01. The molecule has 6 nitrogen and oxygen atoms in total. The Morgan fingerprint density at radius 3 is 2.70 bits per heavy atom. The molecule has 0 atom stereocenters. The first-order valence-corrected chi connectivity index (χ1v) is 6.01. The van der Waals surface area contributed by atoms with Gasteiger partial charge in [0, 0.05) is 12.3 Å². The molecule has 0 spiro atoms. The molecule has 2 aromatic heterocycles. The molecule has 2 heterocycles. The van der Waals surface area contributed by atoms with E-state index in [1.807, 2.05) is 22.8 Å². The molecule has 20 heavy (non-hydrogen) atoms. The fourth-order valence-corrected chi connectivity index (χ4v) is 2.15. The number of rotatable bonds is 3. The summed E-state index contributed by atoms with van der Waals surface area (Å²) in [5.41, 5.74) is 1.28. The van der Waals surface area contributed by atoms with Gasteiger partial charge in [0.05, 0.1) is 31.6 Å². The monoisotopic (exact) mass is 271 g/mol. The van der Waals surface area contributed by atoms with Crippen LogP contribution in [0.3, 0.4) is 0 Å². The summed E-state index contributed by atoms with van der Waals surface area (Å²) in [6.45, 7) is 0. The summed E-state index contributed by atoms with van der Waals surface area (Å²) in [6, 6.07) is 7.26. The molecule has 0 radical (unpaired) electrons. The van der Waals surface area contributed by atoms with E-state index in [0.29, 0.717) is 22.5 Å². The van der Waals surface area contributed by atoms with Crippen LogP contribution in [0.15, 0.2) is 41.6 Å². The largest absolute Gasteiger partial charge is 0.493 e. The quantitative estimate of drug-likeness (QED) is 0.787. The minimum atomic E-state index is -0.158. The Kier molecular flexibility index (Phi) is 2.90. The van der Waals surface area contributed by atoms with Gasteiger partial charge in [0.15, 0.2) is 17.1 Å². The molecule has 3 aromatic rings. The van der Waals surface area contributed by atoms with Crippen molar-refractivity contribution in [3.05, 3.63) is 47.1 Å². The van der Waals surface area contributed by atoms with Gasteiger partial charge in [0.25, 0.3) is 5.56 Å². The minimum absolute atomic E-state index is 0.158. The second-order valence-corrected chi connectivity index (χ2v) is 4.19. The van der Waals surface area contributed by atoms with Crippen molar-refractivity contribution in [2.45, 2.75) is 0 Å². The second kappa shape index (κ2) is 4.73. The van der Waals surface area contributed by atoms with Gasteiger partial charge in [-0.3, -0.25) is 4.79 Å². The second-order valence-electron chi connectivity index (χ2n) is 4.19. The Labute approximate surface area is 114 Å². The fraction of sp³-hybridized carbons (Fsp3) is 0.143. The molecule has 0 saturated carbocycles. The number of fused-ring (bicyclic) bond motifs is 1. The molecule has 0 unspecified atom stereocenters. The van der Waals surface area contributed by atoms with E-state index in [-0.39, 0.29) is 5.56 Å². The highest BCUT2D eigenvalue weighted by Gasteiger charge is 2.10. The topological polar surface area (TPSA) is 69.1 Å². The SMILES string of the molecule is COc1ccc(-n2ccc3c(=O)[nH]cnc32)cc1OC. The molecule has 0 aliphatic heterocycles. The molecule has 0 aliphatic carbocycles. The van der Waals surface area contributed by atoms with Crippen LogP contribution in [0, 0.1) is 0 Å². The van der Waals surface area contributed by atoms with Crippen LogP contribution >= 0.6 is 0 Å². The zero-order valence-electron chi connectivity index (χ0n) is 11.1. The van der Waals surface area contributed by atoms with Crippen LogP contribution in [0.1, 0.15) is 0 Å². The Balaban J connectivity index is 2.21. The van der Waals surface area contributed by atoms with E-state index in [0.717, 1.165) is 5.69 Å².